The van der Waals surface area contributed by atoms with Gasteiger partial charge < -0.3 is 15.4 Å². The summed E-state index contributed by atoms with van der Waals surface area (Å²) in [5.41, 5.74) is 1.58. The standard InChI is InChI=1S/C21H18F3N5O/c1-25-20-28-17-12-26-19(27-14-6-8-16(30-2)9-7-14)11-18(17)29(20)15-5-3-4-13(10-15)21(22,23)24/h3-12H,1-2H3,(H,25,28)(H,26,27). The summed E-state index contributed by atoms with van der Waals surface area (Å²) >= 11 is 0. The molecule has 6 nitrogen and oxygen atoms in total. The van der Waals surface area contributed by atoms with E-state index >= 15 is 0 Å². The molecule has 0 fully saturated rings. The van der Waals surface area contributed by atoms with Gasteiger partial charge in [0.15, 0.2) is 0 Å². The highest BCUT2D eigenvalue weighted by Crippen LogP contribution is 2.33. The second-order valence-corrected chi connectivity index (χ2v) is 6.48. The summed E-state index contributed by atoms with van der Waals surface area (Å²) in [6.45, 7) is 0. The number of alkyl halides is 3. The van der Waals surface area contributed by atoms with Gasteiger partial charge in [0.25, 0.3) is 0 Å². The molecule has 2 aromatic heterocycles. The van der Waals surface area contributed by atoms with Crippen molar-refractivity contribution in [3.05, 3.63) is 66.4 Å². The van der Waals surface area contributed by atoms with Crippen LogP contribution in [0.1, 0.15) is 5.56 Å². The van der Waals surface area contributed by atoms with Crippen LogP contribution in [0.4, 0.5) is 30.6 Å². The molecule has 0 radical (unpaired) electrons. The summed E-state index contributed by atoms with van der Waals surface area (Å²) in [4.78, 5) is 8.79. The molecule has 0 saturated heterocycles. The van der Waals surface area contributed by atoms with Gasteiger partial charge in [-0.05, 0) is 42.5 Å². The fraction of sp³-hybridized carbons (Fsp3) is 0.143. The fourth-order valence-corrected chi connectivity index (χ4v) is 3.12. The maximum atomic E-state index is 13.2. The topological polar surface area (TPSA) is 64.0 Å². The molecule has 0 unspecified atom stereocenters. The second-order valence-electron chi connectivity index (χ2n) is 6.48. The van der Waals surface area contributed by atoms with E-state index in [0.717, 1.165) is 23.6 Å². The molecule has 0 amide bonds. The molecule has 0 aliphatic rings. The number of benzene rings is 2. The lowest BCUT2D eigenvalue weighted by atomic mass is 10.2. The number of fused-ring (bicyclic) bond motifs is 1. The normalized spacial score (nSPS) is 11.5. The van der Waals surface area contributed by atoms with Crippen LogP contribution in [-0.2, 0) is 6.18 Å². The number of halogens is 3. The van der Waals surface area contributed by atoms with Gasteiger partial charge in [0.1, 0.15) is 17.1 Å². The van der Waals surface area contributed by atoms with Gasteiger partial charge in [-0.2, -0.15) is 13.2 Å². The Kier molecular flexibility index (Phi) is 4.94. The Morgan fingerprint density at radius 1 is 1.03 bits per heavy atom. The van der Waals surface area contributed by atoms with Crippen LogP contribution in [0.15, 0.2) is 60.8 Å². The Balaban J connectivity index is 1.78. The molecule has 2 heterocycles. The first-order valence-electron chi connectivity index (χ1n) is 9.04. The molecular weight excluding hydrogens is 395 g/mol. The van der Waals surface area contributed by atoms with Crippen molar-refractivity contribution in [2.45, 2.75) is 6.18 Å². The third-order valence-electron chi connectivity index (χ3n) is 4.56. The molecule has 9 heteroatoms. The number of imidazole rings is 1. The van der Waals surface area contributed by atoms with Crippen molar-refractivity contribution in [3.63, 3.8) is 0 Å². The molecule has 0 atom stereocenters. The maximum Gasteiger partial charge on any atom is 0.416 e. The quantitative estimate of drug-likeness (QED) is 0.469. The first kappa shape index (κ1) is 19.6. The van der Waals surface area contributed by atoms with E-state index in [-0.39, 0.29) is 0 Å². The Labute approximate surface area is 170 Å². The number of rotatable bonds is 5. The van der Waals surface area contributed by atoms with Crippen LogP contribution < -0.4 is 15.4 Å². The molecule has 0 bridgehead atoms. The molecular formula is C21H18F3N5O. The van der Waals surface area contributed by atoms with Crippen LogP contribution >= 0.6 is 0 Å². The zero-order valence-corrected chi connectivity index (χ0v) is 16.2. The average Bonchev–Trinajstić information content (AvgIpc) is 3.11. The van der Waals surface area contributed by atoms with E-state index in [1.165, 1.54) is 6.07 Å². The van der Waals surface area contributed by atoms with Crippen molar-refractivity contribution in [1.82, 2.24) is 14.5 Å². The van der Waals surface area contributed by atoms with Crippen LogP contribution in [0.3, 0.4) is 0 Å². The average molecular weight is 413 g/mol. The number of aromatic nitrogens is 3. The lowest BCUT2D eigenvalue weighted by Gasteiger charge is -2.12. The second kappa shape index (κ2) is 7.58. The number of nitrogens with one attached hydrogen (secondary N) is 2. The van der Waals surface area contributed by atoms with Gasteiger partial charge in [0, 0.05) is 24.5 Å². The predicted molar refractivity (Wildman–Crippen MR) is 110 cm³/mol. The van der Waals surface area contributed by atoms with Crippen molar-refractivity contribution in [3.8, 4) is 11.4 Å². The number of pyridine rings is 1. The molecule has 0 spiro atoms. The number of anilines is 3. The van der Waals surface area contributed by atoms with Gasteiger partial charge in [0.05, 0.1) is 24.4 Å². The molecule has 30 heavy (non-hydrogen) atoms. The van der Waals surface area contributed by atoms with Gasteiger partial charge >= 0.3 is 6.18 Å². The minimum absolute atomic E-state index is 0.346. The van der Waals surface area contributed by atoms with Crippen molar-refractivity contribution in [2.75, 3.05) is 24.8 Å². The minimum Gasteiger partial charge on any atom is -0.497 e. The number of nitrogens with zero attached hydrogens (tertiary/aromatic N) is 3. The van der Waals surface area contributed by atoms with Crippen LogP contribution in [0, 0.1) is 0 Å². The van der Waals surface area contributed by atoms with E-state index in [9.17, 15) is 13.2 Å². The molecule has 2 aromatic carbocycles. The van der Waals surface area contributed by atoms with Gasteiger partial charge in [-0.1, -0.05) is 6.07 Å². The summed E-state index contributed by atoms with van der Waals surface area (Å²) in [5, 5.41) is 6.11. The summed E-state index contributed by atoms with van der Waals surface area (Å²) in [7, 11) is 3.25. The number of methoxy groups -OCH3 is 1. The van der Waals surface area contributed by atoms with Crippen molar-refractivity contribution in [2.24, 2.45) is 0 Å². The maximum absolute atomic E-state index is 13.2. The lowest BCUT2D eigenvalue weighted by Crippen LogP contribution is -2.07. The van der Waals surface area contributed by atoms with Gasteiger partial charge in [-0.15, -0.1) is 0 Å². The molecule has 0 saturated carbocycles. The van der Waals surface area contributed by atoms with Crippen LogP contribution in [0.2, 0.25) is 0 Å². The molecule has 2 N–H and O–H groups in total. The van der Waals surface area contributed by atoms with E-state index in [0.29, 0.717) is 28.5 Å². The van der Waals surface area contributed by atoms with Gasteiger partial charge in [0.2, 0.25) is 5.95 Å². The Hall–Kier alpha value is -3.75. The Morgan fingerprint density at radius 3 is 2.47 bits per heavy atom. The number of hydrogen-bond donors (Lipinski definition) is 2. The highest BCUT2D eigenvalue weighted by atomic mass is 19.4. The van der Waals surface area contributed by atoms with E-state index in [1.54, 1.807) is 37.1 Å². The van der Waals surface area contributed by atoms with E-state index in [4.69, 9.17) is 4.74 Å². The fourth-order valence-electron chi connectivity index (χ4n) is 3.12. The Morgan fingerprint density at radius 2 is 1.80 bits per heavy atom. The highest BCUT2D eigenvalue weighted by Gasteiger charge is 2.30. The third-order valence-corrected chi connectivity index (χ3v) is 4.56. The SMILES string of the molecule is CNc1nc2cnc(Nc3ccc(OC)cc3)cc2n1-c1cccc(C(F)(F)F)c1. The van der Waals surface area contributed by atoms with Crippen molar-refractivity contribution in [1.29, 1.82) is 0 Å². The van der Waals surface area contributed by atoms with E-state index < -0.39 is 11.7 Å². The summed E-state index contributed by atoms with van der Waals surface area (Å²) in [6, 6.07) is 14.2. The van der Waals surface area contributed by atoms with Crippen molar-refractivity contribution < 1.29 is 17.9 Å². The van der Waals surface area contributed by atoms with E-state index in [1.807, 2.05) is 24.3 Å². The summed E-state index contributed by atoms with van der Waals surface area (Å²) in [6.07, 6.45) is -2.86. The summed E-state index contributed by atoms with van der Waals surface area (Å²) in [5.74, 6) is 1.67. The number of hydrogen-bond acceptors (Lipinski definition) is 5. The summed E-state index contributed by atoms with van der Waals surface area (Å²) < 4.78 is 46.4. The number of ether oxygens (including phenoxy) is 1. The molecule has 0 aliphatic heterocycles. The smallest absolute Gasteiger partial charge is 0.416 e. The van der Waals surface area contributed by atoms with Crippen LogP contribution in [0.5, 0.6) is 5.75 Å². The van der Waals surface area contributed by atoms with Crippen LogP contribution in [-0.4, -0.2) is 28.7 Å². The predicted octanol–water partition coefficient (Wildman–Crippen LogP) is 5.23. The monoisotopic (exact) mass is 413 g/mol. The zero-order chi connectivity index (χ0) is 21.3. The van der Waals surface area contributed by atoms with Crippen molar-refractivity contribution >= 4 is 28.5 Å². The first-order chi connectivity index (χ1) is 14.4. The largest absolute Gasteiger partial charge is 0.497 e. The minimum atomic E-state index is -4.44. The van der Waals surface area contributed by atoms with Gasteiger partial charge in [-0.25, -0.2) is 9.97 Å². The molecule has 4 aromatic rings. The third kappa shape index (κ3) is 3.73. The molecule has 4 rings (SSSR count). The first-order valence-corrected chi connectivity index (χ1v) is 9.04. The Bertz CT molecular complexity index is 1190. The highest BCUT2D eigenvalue weighted by molar-refractivity contribution is 5.83. The zero-order valence-electron chi connectivity index (χ0n) is 16.2. The van der Waals surface area contributed by atoms with Gasteiger partial charge in [-0.3, -0.25) is 4.57 Å². The lowest BCUT2D eigenvalue weighted by molar-refractivity contribution is -0.137. The van der Waals surface area contributed by atoms with Crippen LogP contribution in [0.25, 0.3) is 16.7 Å². The van der Waals surface area contributed by atoms with E-state index in [2.05, 4.69) is 20.6 Å². The molecule has 154 valence electrons. The molecule has 0 aliphatic carbocycles.